The van der Waals surface area contributed by atoms with E-state index in [1.165, 1.54) is 5.39 Å². The van der Waals surface area contributed by atoms with Crippen molar-refractivity contribution in [2.24, 2.45) is 0 Å². The summed E-state index contributed by atoms with van der Waals surface area (Å²) in [4.78, 5) is 0. The van der Waals surface area contributed by atoms with Crippen LogP contribution in [0.5, 0.6) is 0 Å². The number of rotatable bonds is 16. The maximum absolute atomic E-state index is 7.52. The van der Waals surface area contributed by atoms with Gasteiger partial charge in [0.15, 0.2) is 0 Å². The molecule has 0 spiro atoms. The minimum absolute atomic E-state index is 0.301. The highest BCUT2D eigenvalue weighted by molar-refractivity contribution is 7.99. The number of hydrogen-bond donors (Lipinski definition) is 0. The van der Waals surface area contributed by atoms with Gasteiger partial charge in [-0.25, -0.2) is 0 Å². The van der Waals surface area contributed by atoms with Crippen molar-refractivity contribution >= 4 is 22.7 Å². The molecule has 0 amide bonds. The van der Waals surface area contributed by atoms with Gasteiger partial charge in [-0.1, -0.05) is 146 Å². The lowest BCUT2D eigenvalue weighted by Crippen LogP contribution is -2.66. The molecule has 5 atom stereocenters. The minimum Gasteiger partial charge on any atom is -0.374 e. The Morgan fingerprint density at radius 1 is 0.596 bits per heavy atom. The Labute approximate surface area is 311 Å². The number of aromatic nitrogens is 1. The Hall–Kier alpha value is -4.21. The van der Waals surface area contributed by atoms with Crippen molar-refractivity contribution in [1.29, 1.82) is 0 Å². The van der Waals surface area contributed by atoms with Crippen LogP contribution in [0.25, 0.3) is 10.9 Å². The molecule has 0 saturated carbocycles. The molecule has 1 saturated heterocycles. The molecule has 0 N–H and O–H groups in total. The number of fused-ring (bicyclic) bond motifs is 1. The average Bonchev–Trinajstić information content (AvgIpc) is 3.54. The highest BCUT2D eigenvalue weighted by Gasteiger charge is 2.58. The lowest BCUT2D eigenvalue weighted by molar-refractivity contribution is -0.303. The van der Waals surface area contributed by atoms with E-state index in [1.54, 1.807) is 11.8 Å². The van der Waals surface area contributed by atoms with E-state index in [0.717, 1.165) is 39.1 Å². The van der Waals surface area contributed by atoms with Gasteiger partial charge in [-0.05, 0) is 46.6 Å². The van der Waals surface area contributed by atoms with Crippen molar-refractivity contribution in [3.8, 4) is 0 Å². The molecule has 6 aromatic rings. The number of nitrogens with zero attached hydrogens (tertiary/aromatic N) is 1. The summed E-state index contributed by atoms with van der Waals surface area (Å²) in [7, 11) is 0. The van der Waals surface area contributed by atoms with Crippen LogP contribution in [0.15, 0.2) is 152 Å². The fraction of sp³-hybridized carbons (Fsp3) is 0.289. The van der Waals surface area contributed by atoms with Crippen LogP contribution in [0.1, 0.15) is 34.7 Å². The molecule has 0 radical (unpaired) electrons. The predicted molar refractivity (Wildman–Crippen MR) is 209 cm³/mol. The van der Waals surface area contributed by atoms with Gasteiger partial charge in [0.25, 0.3) is 0 Å². The summed E-state index contributed by atoms with van der Waals surface area (Å²) in [6, 6.07) is 49.6. The third-order valence-electron chi connectivity index (χ3n) is 9.50. The second-order valence-electron chi connectivity index (χ2n) is 13.2. The number of aryl methyl sites for hydroxylation is 1. The number of hydrogen-bond acceptors (Lipinski definition) is 6. The maximum Gasteiger partial charge on any atom is 0.223 e. The maximum atomic E-state index is 7.52. The van der Waals surface area contributed by atoms with E-state index in [-0.39, 0.29) is 0 Å². The van der Waals surface area contributed by atoms with Crippen LogP contribution in [0.3, 0.4) is 0 Å². The van der Waals surface area contributed by atoms with Crippen LogP contribution in [0.2, 0.25) is 0 Å². The molecule has 0 aliphatic carbocycles. The Morgan fingerprint density at radius 2 is 1.08 bits per heavy atom. The summed E-state index contributed by atoms with van der Waals surface area (Å²) in [6.07, 6.45) is 0.0715. The summed E-state index contributed by atoms with van der Waals surface area (Å²) in [5, 5.41) is 0.150. The summed E-state index contributed by atoms with van der Waals surface area (Å²) in [6.45, 7) is 6.23. The zero-order valence-electron chi connectivity index (χ0n) is 29.9. The van der Waals surface area contributed by atoms with Crippen LogP contribution in [-0.2, 0) is 55.2 Å². The van der Waals surface area contributed by atoms with Gasteiger partial charge < -0.3 is 28.3 Å². The molecule has 1 aliphatic heterocycles. The third kappa shape index (κ3) is 8.37. The first kappa shape index (κ1) is 36.2. The Kier molecular flexibility index (Phi) is 12.2. The third-order valence-corrected chi connectivity index (χ3v) is 10.7. The summed E-state index contributed by atoms with van der Waals surface area (Å²) in [5.74, 6) is 0.773. The zero-order valence-corrected chi connectivity index (χ0v) is 30.7. The van der Waals surface area contributed by atoms with E-state index in [9.17, 15) is 0 Å². The molecule has 52 heavy (non-hydrogen) atoms. The van der Waals surface area contributed by atoms with Gasteiger partial charge in [0.2, 0.25) is 5.06 Å². The van der Waals surface area contributed by atoms with Gasteiger partial charge in [0, 0.05) is 11.6 Å². The molecule has 5 aromatic carbocycles. The summed E-state index contributed by atoms with van der Waals surface area (Å²) >= 11 is 1.72. The Balaban J connectivity index is 1.34. The van der Waals surface area contributed by atoms with Crippen LogP contribution in [-0.4, -0.2) is 41.3 Å². The molecule has 0 bridgehead atoms. The van der Waals surface area contributed by atoms with E-state index in [4.69, 9.17) is 23.7 Å². The quantitative estimate of drug-likeness (QED) is 0.0996. The molecule has 2 heterocycles. The van der Waals surface area contributed by atoms with E-state index in [0.29, 0.717) is 33.0 Å². The van der Waals surface area contributed by atoms with E-state index < -0.39 is 29.5 Å². The number of para-hydroxylation sites is 1. The SMILES string of the molecule is CCS[C@@]1(n2cc(C)c3ccccc32)O[C@H](COCc2ccccc2)[C@@H](OCc2ccccc2)[C@H](OCc2ccccc2)[C@H]1OCc1ccccc1. The Morgan fingerprint density at radius 3 is 1.63 bits per heavy atom. The first-order chi connectivity index (χ1) is 25.6. The summed E-state index contributed by atoms with van der Waals surface area (Å²) in [5.41, 5.74) is 6.56. The van der Waals surface area contributed by atoms with E-state index >= 15 is 0 Å². The molecule has 1 aliphatic rings. The van der Waals surface area contributed by atoms with Gasteiger partial charge in [-0.2, -0.15) is 0 Å². The molecule has 7 rings (SSSR count). The molecule has 1 fully saturated rings. The van der Waals surface area contributed by atoms with Crippen molar-refractivity contribution in [3.05, 3.63) is 180 Å². The highest BCUT2D eigenvalue weighted by atomic mass is 32.2. The fourth-order valence-electron chi connectivity index (χ4n) is 7.01. The molecule has 1 aromatic heterocycles. The Bertz CT molecular complexity index is 1960. The number of ether oxygens (including phenoxy) is 5. The van der Waals surface area contributed by atoms with Crippen molar-refractivity contribution in [1.82, 2.24) is 4.57 Å². The zero-order chi connectivity index (χ0) is 35.6. The lowest BCUT2D eigenvalue weighted by Gasteiger charge is -2.53. The molecular formula is C45H47NO5S. The van der Waals surface area contributed by atoms with Gasteiger partial charge in [0.05, 0.1) is 38.6 Å². The normalized spacial score (nSPS) is 21.7. The lowest BCUT2D eigenvalue weighted by atomic mass is 9.96. The summed E-state index contributed by atoms with van der Waals surface area (Å²) < 4.78 is 37.5. The van der Waals surface area contributed by atoms with Crippen molar-refractivity contribution in [2.75, 3.05) is 12.4 Å². The molecule has 7 heteroatoms. The van der Waals surface area contributed by atoms with Gasteiger partial charge in [-0.3, -0.25) is 0 Å². The molecule has 6 nitrogen and oxygen atoms in total. The molecule has 268 valence electrons. The van der Waals surface area contributed by atoms with E-state index in [2.05, 4.69) is 97.4 Å². The topological polar surface area (TPSA) is 51.1 Å². The average molecular weight is 714 g/mol. The van der Waals surface area contributed by atoms with Crippen LogP contribution >= 0.6 is 11.8 Å². The van der Waals surface area contributed by atoms with Crippen LogP contribution in [0.4, 0.5) is 0 Å². The second-order valence-corrected chi connectivity index (χ2v) is 14.6. The number of thioether (sulfide) groups is 1. The molecular weight excluding hydrogens is 667 g/mol. The fourth-order valence-corrected chi connectivity index (χ4v) is 8.27. The van der Waals surface area contributed by atoms with Gasteiger partial charge >= 0.3 is 0 Å². The first-order valence-corrected chi connectivity index (χ1v) is 19.1. The monoisotopic (exact) mass is 713 g/mol. The number of benzene rings is 5. The highest BCUT2D eigenvalue weighted by Crippen LogP contribution is 2.49. The van der Waals surface area contributed by atoms with Crippen molar-refractivity contribution < 1.29 is 23.7 Å². The van der Waals surface area contributed by atoms with Crippen LogP contribution < -0.4 is 0 Å². The predicted octanol–water partition coefficient (Wildman–Crippen LogP) is 9.68. The van der Waals surface area contributed by atoms with Gasteiger partial charge in [0.1, 0.15) is 24.4 Å². The standard InChI is InChI=1S/C45H47NO5S/c1-3-52-45(46-28-34(2)39-26-16-17-27-40(39)46)44(50-32-38-24-14-7-15-25-38)43(49-31-37-22-12-6-13-23-37)42(48-30-36-20-10-5-11-21-36)41(51-45)33-47-29-35-18-8-4-9-19-35/h4-28,41-44H,3,29-33H2,1-2H3/t41-,42-,43+,44-,45+/m1/s1. The first-order valence-electron chi connectivity index (χ1n) is 18.1. The van der Waals surface area contributed by atoms with Crippen molar-refractivity contribution in [3.63, 3.8) is 0 Å². The van der Waals surface area contributed by atoms with E-state index in [1.807, 2.05) is 72.8 Å². The smallest absolute Gasteiger partial charge is 0.223 e. The van der Waals surface area contributed by atoms with Crippen LogP contribution in [0, 0.1) is 6.92 Å². The molecule has 0 unspecified atom stereocenters. The second kappa shape index (κ2) is 17.5. The van der Waals surface area contributed by atoms with Crippen molar-refractivity contribution in [2.45, 2.75) is 69.7 Å². The van der Waals surface area contributed by atoms with Gasteiger partial charge in [-0.15, -0.1) is 11.8 Å². The minimum atomic E-state index is -1.02. The largest absolute Gasteiger partial charge is 0.374 e.